The molecule has 0 saturated heterocycles. The maximum absolute atomic E-state index is 4.09. The molecular formula is C14H26. The minimum Gasteiger partial charge on any atom is -0.0999 e. The molecule has 0 bridgehead atoms. The summed E-state index contributed by atoms with van der Waals surface area (Å²) in [7, 11) is 0. The Kier molecular flexibility index (Phi) is 7.55. The molecule has 0 spiro atoms. The van der Waals surface area contributed by atoms with Gasteiger partial charge in [0.1, 0.15) is 0 Å². The molecule has 0 heteroatoms. The van der Waals surface area contributed by atoms with E-state index < -0.39 is 0 Å². The smallest absolute Gasteiger partial charge is 0.0295 e. The fraction of sp³-hybridized carbons (Fsp3) is 0.714. The quantitative estimate of drug-likeness (QED) is 0.471. The third-order valence-corrected chi connectivity index (χ3v) is 3.06. The van der Waals surface area contributed by atoms with Crippen LogP contribution in [0.15, 0.2) is 24.3 Å². The SMILES string of the molecule is C=C(CC)CCC(CC)CC(=C)CC. The first-order valence-corrected chi connectivity index (χ1v) is 5.97. The predicted octanol–water partition coefficient (Wildman–Crippen LogP) is 5.12. The van der Waals surface area contributed by atoms with Crippen LogP contribution in [-0.2, 0) is 0 Å². The van der Waals surface area contributed by atoms with Crippen LogP contribution in [0.2, 0.25) is 0 Å². The molecule has 0 heterocycles. The summed E-state index contributed by atoms with van der Waals surface area (Å²) in [6.07, 6.45) is 7.24. The second-order valence-electron chi connectivity index (χ2n) is 4.22. The van der Waals surface area contributed by atoms with E-state index in [0.29, 0.717) is 0 Å². The van der Waals surface area contributed by atoms with E-state index in [0.717, 1.165) is 18.8 Å². The normalized spacial score (nSPS) is 12.5. The molecule has 0 nitrogen and oxygen atoms in total. The van der Waals surface area contributed by atoms with Gasteiger partial charge in [0.25, 0.3) is 0 Å². The highest BCUT2D eigenvalue weighted by atomic mass is 14.1. The van der Waals surface area contributed by atoms with E-state index >= 15 is 0 Å². The highest BCUT2D eigenvalue weighted by Crippen LogP contribution is 2.23. The molecule has 0 aliphatic carbocycles. The third-order valence-electron chi connectivity index (χ3n) is 3.06. The summed E-state index contributed by atoms with van der Waals surface area (Å²) in [6, 6.07) is 0. The summed E-state index contributed by atoms with van der Waals surface area (Å²) in [4.78, 5) is 0. The maximum Gasteiger partial charge on any atom is -0.0295 e. The first-order chi connectivity index (χ1) is 6.63. The van der Waals surface area contributed by atoms with Crippen LogP contribution < -0.4 is 0 Å². The monoisotopic (exact) mass is 194 g/mol. The molecule has 0 saturated carbocycles. The number of rotatable bonds is 8. The van der Waals surface area contributed by atoms with Gasteiger partial charge in [-0.05, 0) is 38.0 Å². The van der Waals surface area contributed by atoms with Crippen LogP contribution >= 0.6 is 0 Å². The Morgan fingerprint density at radius 1 is 1.00 bits per heavy atom. The number of hydrogen-bond acceptors (Lipinski definition) is 0. The van der Waals surface area contributed by atoms with Gasteiger partial charge in [0.05, 0.1) is 0 Å². The summed E-state index contributed by atoms with van der Waals surface area (Å²) >= 11 is 0. The van der Waals surface area contributed by atoms with Gasteiger partial charge >= 0.3 is 0 Å². The van der Waals surface area contributed by atoms with Crippen molar-refractivity contribution in [2.24, 2.45) is 5.92 Å². The van der Waals surface area contributed by atoms with E-state index in [1.807, 2.05) is 0 Å². The van der Waals surface area contributed by atoms with Crippen molar-refractivity contribution in [3.8, 4) is 0 Å². The fourth-order valence-electron chi connectivity index (χ4n) is 1.59. The topological polar surface area (TPSA) is 0 Å². The summed E-state index contributed by atoms with van der Waals surface area (Å²) in [5, 5.41) is 0. The molecule has 0 aliphatic rings. The summed E-state index contributed by atoms with van der Waals surface area (Å²) in [5.74, 6) is 0.825. The van der Waals surface area contributed by atoms with Gasteiger partial charge in [0.15, 0.2) is 0 Å². The fourth-order valence-corrected chi connectivity index (χ4v) is 1.59. The van der Waals surface area contributed by atoms with Crippen molar-refractivity contribution >= 4 is 0 Å². The molecule has 1 unspecified atom stereocenters. The molecule has 0 aromatic carbocycles. The van der Waals surface area contributed by atoms with E-state index in [-0.39, 0.29) is 0 Å². The number of allylic oxidation sites excluding steroid dienone is 2. The van der Waals surface area contributed by atoms with E-state index in [4.69, 9.17) is 0 Å². The molecule has 0 amide bonds. The third kappa shape index (κ3) is 6.01. The van der Waals surface area contributed by atoms with Gasteiger partial charge in [-0.15, -0.1) is 0 Å². The average molecular weight is 194 g/mol. The van der Waals surface area contributed by atoms with E-state index in [1.165, 1.54) is 36.8 Å². The second kappa shape index (κ2) is 7.84. The van der Waals surface area contributed by atoms with E-state index in [1.54, 1.807) is 0 Å². The van der Waals surface area contributed by atoms with Crippen molar-refractivity contribution in [2.75, 3.05) is 0 Å². The van der Waals surface area contributed by atoms with E-state index in [2.05, 4.69) is 33.9 Å². The Hall–Kier alpha value is -0.520. The largest absolute Gasteiger partial charge is 0.0999 e. The van der Waals surface area contributed by atoms with Crippen molar-refractivity contribution in [1.82, 2.24) is 0 Å². The minimum atomic E-state index is 0.825. The standard InChI is InChI=1S/C14H26/c1-6-12(4)9-10-14(8-3)11-13(5)7-2/h14H,4-11H2,1-3H3. The molecule has 14 heavy (non-hydrogen) atoms. The van der Waals surface area contributed by atoms with Crippen LogP contribution in [0.5, 0.6) is 0 Å². The zero-order valence-electron chi connectivity index (χ0n) is 10.2. The van der Waals surface area contributed by atoms with Crippen LogP contribution in [-0.4, -0.2) is 0 Å². The van der Waals surface area contributed by atoms with Crippen LogP contribution in [0, 0.1) is 5.92 Å². The Bertz CT molecular complexity index is 176. The molecule has 82 valence electrons. The Labute approximate surface area is 90.1 Å². The highest BCUT2D eigenvalue weighted by Gasteiger charge is 2.07. The lowest BCUT2D eigenvalue weighted by molar-refractivity contribution is 0.460. The van der Waals surface area contributed by atoms with Crippen molar-refractivity contribution in [1.29, 1.82) is 0 Å². The molecule has 0 aromatic rings. The van der Waals surface area contributed by atoms with Gasteiger partial charge in [-0.1, -0.05) is 51.5 Å². The zero-order chi connectivity index (χ0) is 11.0. The molecule has 0 rings (SSSR count). The van der Waals surface area contributed by atoms with Gasteiger partial charge < -0.3 is 0 Å². The Balaban J connectivity index is 3.79. The first kappa shape index (κ1) is 13.5. The molecule has 1 atom stereocenters. The molecule has 0 aliphatic heterocycles. The van der Waals surface area contributed by atoms with Crippen LogP contribution in [0.25, 0.3) is 0 Å². The van der Waals surface area contributed by atoms with Crippen molar-refractivity contribution < 1.29 is 0 Å². The van der Waals surface area contributed by atoms with Gasteiger partial charge in [-0.3, -0.25) is 0 Å². The zero-order valence-corrected chi connectivity index (χ0v) is 10.2. The molecule has 0 N–H and O–H groups in total. The van der Waals surface area contributed by atoms with Gasteiger partial charge in [0.2, 0.25) is 0 Å². The predicted molar refractivity (Wildman–Crippen MR) is 66.5 cm³/mol. The summed E-state index contributed by atoms with van der Waals surface area (Å²) < 4.78 is 0. The Morgan fingerprint density at radius 2 is 1.57 bits per heavy atom. The summed E-state index contributed by atoms with van der Waals surface area (Å²) in [6.45, 7) is 14.8. The molecular weight excluding hydrogens is 168 g/mol. The van der Waals surface area contributed by atoms with Crippen LogP contribution in [0.3, 0.4) is 0 Å². The lowest BCUT2D eigenvalue weighted by atomic mass is 9.90. The van der Waals surface area contributed by atoms with Gasteiger partial charge in [0, 0.05) is 0 Å². The van der Waals surface area contributed by atoms with Gasteiger partial charge in [-0.2, -0.15) is 0 Å². The van der Waals surface area contributed by atoms with Gasteiger partial charge in [-0.25, -0.2) is 0 Å². The van der Waals surface area contributed by atoms with Crippen molar-refractivity contribution in [2.45, 2.75) is 59.3 Å². The first-order valence-electron chi connectivity index (χ1n) is 5.97. The van der Waals surface area contributed by atoms with Crippen molar-refractivity contribution in [3.05, 3.63) is 24.3 Å². The lowest BCUT2D eigenvalue weighted by Gasteiger charge is -2.16. The summed E-state index contributed by atoms with van der Waals surface area (Å²) in [5.41, 5.74) is 2.80. The molecule has 0 fully saturated rings. The highest BCUT2D eigenvalue weighted by molar-refractivity contribution is 4.97. The molecule has 0 aromatic heterocycles. The maximum atomic E-state index is 4.09. The van der Waals surface area contributed by atoms with Crippen LogP contribution in [0.4, 0.5) is 0 Å². The average Bonchev–Trinajstić information content (AvgIpc) is 2.22. The second-order valence-corrected chi connectivity index (χ2v) is 4.22. The van der Waals surface area contributed by atoms with Crippen LogP contribution in [0.1, 0.15) is 59.3 Å². The van der Waals surface area contributed by atoms with E-state index in [9.17, 15) is 0 Å². The van der Waals surface area contributed by atoms with Crippen molar-refractivity contribution in [3.63, 3.8) is 0 Å². The number of hydrogen-bond donors (Lipinski definition) is 0. The Morgan fingerprint density at radius 3 is 2.00 bits per heavy atom. The molecule has 0 radical (unpaired) electrons. The minimum absolute atomic E-state index is 0.825. The lowest BCUT2D eigenvalue weighted by Crippen LogP contribution is -2.00.